The summed E-state index contributed by atoms with van der Waals surface area (Å²) in [6, 6.07) is -0.459. The first-order valence-corrected chi connectivity index (χ1v) is 11.7. The largest absolute Gasteiger partial charge is 0.434 e. The number of ether oxygens (including phenoxy) is 1. The summed E-state index contributed by atoms with van der Waals surface area (Å²) in [5, 5.41) is 23.2. The van der Waals surface area contributed by atoms with Crippen LogP contribution in [0.3, 0.4) is 0 Å². The van der Waals surface area contributed by atoms with Crippen molar-refractivity contribution in [1.82, 2.24) is 29.5 Å². The molecule has 2 fully saturated rings. The summed E-state index contributed by atoms with van der Waals surface area (Å²) in [7, 11) is -1.19. The lowest BCUT2D eigenvalue weighted by Gasteiger charge is -2.23. The average Bonchev–Trinajstić information content (AvgIpc) is 3.44. The lowest BCUT2D eigenvalue weighted by Crippen LogP contribution is -2.41. The van der Waals surface area contributed by atoms with E-state index in [2.05, 4.69) is 20.0 Å². The number of H-pyrrole nitrogens is 1. The number of carbonyl (C=O) groups is 1. The van der Waals surface area contributed by atoms with Crippen LogP contribution in [0.15, 0.2) is 11.1 Å². The number of likely N-dealkylation sites (N-methyl/N-ethyl adjacent to an activating group) is 1. The Bertz CT molecular complexity index is 1140. The molecule has 1 unspecified atom stereocenters. The molecule has 33 heavy (non-hydrogen) atoms. The minimum Gasteiger partial charge on any atom is -0.387 e. The van der Waals surface area contributed by atoms with Crippen LogP contribution < -0.4 is 16.5 Å². The zero-order valence-corrected chi connectivity index (χ0v) is 18.8. The Labute approximate surface area is 187 Å². The molecular weight excluding hydrogens is 461 g/mol. The topological polar surface area (TPSA) is 207 Å². The molecule has 2 aromatic rings. The third kappa shape index (κ3) is 4.40. The van der Waals surface area contributed by atoms with Crippen LogP contribution in [-0.2, 0) is 23.1 Å². The highest BCUT2D eigenvalue weighted by Gasteiger charge is 2.46. The molecule has 2 aliphatic rings. The number of anilines is 1. The first-order chi connectivity index (χ1) is 15.6. The summed E-state index contributed by atoms with van der Waals surface area (Å²) >= 11 is 0. The zero-order chi connectivity index (χ0) is 23.9. The van der Waals surface area contributed by atoms with Crippen LogP contribution in [0.25, 0.3) is 11.2 Å². The van der Waals surface area contributed by atoms with Crippen LogP contribution in [0, 0.1) is 0 Å². The molecule has 0 aliphatic carbocycles. The molecule has 1 amide bonds. The Hall–Kier alpha value is -2.39. The first kappa shape index (κ1) is 23.8. The predicted molar refractivity (Wildman–Crippen MR) is 113 cm³/mol. The van der Waals surface area contributed by atoms with Gasteiger partial charge in [-0.2, -0.15) is 0 Å². The van der Waals surface area contributed by atoms with Crippen LogP contribution in [-0.4, -0.2) is 92.2 Å². The number of fused-ring (bicyclic) bond motifs is 1. The number of carbonyl (C=O) groups excluding carboxylic acids is 1. The maximum Gasteiger partial charge on any atom is 0.434 e. The Kier molecular flexibility index (Phi) is 6.55. The maximum absolute atomic E-state index is 12.9. The number of hydrogen-bond donors (Lipinski definition) is 5. The van der Waals surface area contributed by atoms with E-state index in [4.69, 9.17) is 19.5 Å². The fraction of sp³-hybridized carbons (Fsp3) is 0.647. The minimum absolute atomic E-state index is 0.0217. The van der Waals surface area contributed by atoms with Gasteiger partial charge < -0.3 is 25.7 Å². The van der Waals surface area contributed by atoms with Gasteiger partial charge in [-0.25, -0.2) is 23.9 Å². The van der Waals surface area contributed by atoms with Crippen molar-refractivity contribution in [1.29, 1.82) is 0 Å². The normalized spacial score (nSPS) is 30.0. The summed E-state index contributed by atoms with van der Waals surface area (Å²) in [6.45, 7) is 0.232. The zero-order valence-electron chi connectivity index (χ0n) is 17.9. The number of amides is 1. The van der Waals surface area contributed by atoms with Crippen LogP contribution in [0.1, 0.15) is 19.1 Å². The van der Waals surface area contributed by atoms with Gasteiger partial charge in [0.2, 0.25) is 5.91 Å². The molecular formula is C17H26N7O8P. The van der Waals surface area contributed by atoms with Crippen molar-refractivity contribution >= 4 is 30.6 Å². The fourth-order valence-electron chi connectivity index (χ4n) is 4.02. The number of nitrogens with two attached hydrogens (primary N) is 1. The number of nitrogens with one attached hydrogen (secondary N) is 2. The molecule has 0 bridgehead atoms. The highest BCUT2D eigenvalue weighted by molar-refractivity contribution is 7.52. The second kappa shape index (κ2) is 9.10. The van der Waals surface area contributed by atoms with Crippen molar-refractivity contribution in [3.63, 3.8) is 0 Å². The van der Waals surface area contributed by atoms with Gasteiger partial charge in [-0.1, -0.05) is 0 Å². The van der Waals surface area contributed by atoms with Crippen LogP contribution in [0.4, 0.5) is 5.82 Å². The van der Waals surface area contributed by atoms with Gasteiger partial charge in [-0.05, 0) is 26.4 Å². The molecule has 4 rings (SSSR count). The minimum atomic E-state index is -4.08. The quantitative estimate of drug-likeness (QED) is 0.277. The number of aromatic nitrogens is 4. The summed E-state index contributed by atoms with van der Waals surface area (Å²) in [6.07, 6.45) is -3.01. The van der Waals surface area contributed by atoms with Crippen molar-refractivity contribution in [2.24, 2.45) is 0 Å². The van der Waals surface area contributed by atoms with Crippen LogP contribution >= 0.6 is 7.75 Å². The number of likely N-dealkylation sites (tertiary alicyclic amines) is 1. The monoisotopic (exact) mass is 487 g/mol. The van der Waals surface area contributed by atoms with Crippen molar-refractivity contribution < 1.29 is 33.4 Å². The van der Waals surface area contributed by atoms with E-state index in [-0.39, 0.29) is 17.0 Å². The molecule has 2 aromatic heterocycles. The van der Waals surface area contributed by atoms with Crippen molar-refractivity contribution in [2.75, 3.05) is 33.0 Å². The van der Waals surface area contributed by atoms with E-state index in [9.17, 15) is 24.4 Å². The highest BCUT2D eigenvalue weighted by atomic mass is 31.2. The molecule has 2 saturated heterocycles. The van der Waals surface area contributed by atoms with Crippen LogP contribution in [0.5, 0.6) is 0 Å². The lowest BCUT2D eigenvalue weighted by atomic mass is 10.1. The van der Waals surface area contributed by atoms with Gasteiger partial charge in [0.15, 0.2) is 17.7 Å². The van der Waals surface area contributed by atoms with E-state index in [1.165, 1.54) is 0 Å². The number of hydrogen-bond acceptors (Lipinski definition) is 12. The van der Waals surface area contributed by atoms with Gasteiger partial charge >= 0.3 is 13.4 Å². The van der Waals surface area contributed by atoms with E-state index in [0.29, 0.717) is 6.42 Å². The van der Waals surface area contributed by atoms with Gasteiger partial charge in [0.05, 0.1) is 12.6 Å². The van der Waals surface area contributed by atoms with Crippen molar-refractivity contribution in [3.8, 4) is 0 Å². The van der Waals surface area contributed by atoms with Crippen LogP contribution in [0.2, 0.25) is 0 Å². The van der Waals surface area contributed by atoms with Gasteiger partial charge in [0, 0.05) is 7.11 Å². The Morgan fingerprint density at radius 1 is 1.42 bits per heavy atom. The summed E-state index contributed by atoms with van der Waals surface area (Å²) < 4.78 is 29.7. The van der Waals surface area contributed by atoms with Crippen molar-refractivity contribution in [3.05, 3.63) is 16.8 Å². The molecule has 0 saturated carbocycles. The number of imidazole rings is 1. The Morgan fingerprint density at radius 2 is 2.18 bits per heavy atom. The van der Waals surface area contributed by atoms with E-state index in [1.807, 2.05) is 4.90 Å². The van der Waals surface area contributed by atoms with E-state index < -0.39 is 56.5 Å². The molecule has 182 valence electrons. The fourth-order valence-corrected chi connectivity index (χ4v) is 5.05. The third-order valence-electron chi connectivity index (χ3n) is 5.85. The Morgan fingerprint density at radius 3 is 2.85 bits per heavy atom. The number of nitrogens with zero attached hydrogens (tertiary/aromatic N) is 4. The number of rotatable bonds is 7. The third-order valence-corrected chi connectivity index (χ3v) is 7.31. The van der Waals surface area contributed by atoms with Crippen molar-refractivity contribution in [2.45, 2.75) is 43.4 Å². The maximum atomic E-state index is 12.9. The molecule has 6 N–H and O–H groups in total. The van der Waals surface area contributed by atoms with Gasteiger partial charge in [0.1, 0.15) is 30.2 Å². The molecule has 15 nitrogen and oxygen atoms in total. The van der Waals surface area contributed by atoms with Gasteiger partial charge in [-0.3, -0.25) is 23.8 Å². The average molecular weight is 487 g/mol. The summed E-state index contributed by atoms with van der Waals surface area (Å²) in [5.41, 5.74) is 5.27. The standard InChI is InChI=1S/C17H26N7O8P/c1-23-5-3-4-8(23)15(27)22-33(29,30-2)31-6-9-11(25)12(26)16(32-9)24-14-10(21-17(24)28)13(18)19-7-20-14/h7-9,11-12,16,25-26H,3-6H2,1-2H3,(H,21,28)(H2,18,19,20)(H,22,27,29)/t8-,9+,11+,12+,16+,33?/m0/s1. The first-order valence-electron chi connectivity index (χ1n) is 10.2. The predicted octanol–water partition coefficient (Wildman–Crippen LogP) is -1.70. The number of aromatic amines is 1. The second-order valence-corrected chi connectivity index (χ2v) is 9.74. The highest BCUT2D eigenvalue weighted by Crippen LogP contribution is 2.44. The number of aliphatic hydroxyl groups excluding tert-OH is 2. The SMILES string of the molecule is COP(=O)(NC(=O)[C@@H]1CCCN1C)OC[C@H]1O[C@@H](n2c(=O)[nH]c3c(N)ncnc32)[C@H](O)[C@@H]1O. The van der Waals surface area contributed by atoms with Gasteiger partial charge in [0.25, 0.3) is 0 Å². The van der Waals surface area contributed by atoms with E-state index in [0.717, 1.165) is 31.0 Å². The number of aliphatic hydroxyl groups is 2. The van der Waals surface area contributed by atoms with Gasteiger partial charge in [-0.15, -0.1) is 0 Å². The number of nitrogen functional groups attached to an aromatic ring is 1. The molecule has 2 aliphatic heterocycles. The summed E-state index contributed by atoms with van der Waals surface area (Å²) in [5.74, 6) is -0.484. The molecule has 0 aromatic carbocycles. The molecule has 0 spiro atoms. The Balaban J connectivity index is 1.47. The molecule has 0 radical (unpaired) electrons. The second-order valence-electron chi connectivity index (χ2n) is 7.89. The molecule has 16 heteroatoms. The van der Waals surface area contributed by atoms with E-state index in [1.54, 1.807) is 7.05 Å². The molecule has 6 atom stereocenters. The van der Waals surface area contributed by atoms with E-state index >= 15 is 0 Å². The smallest absolute Gasteiger partial charge is 0.387 e. The lowest BCUT2D eigenvalue weighted by molar-refractivity contribution is -0.123. The summed E-state index contributed by atoms with van der Waals surface area (Å²) in [4.78, 5) is 37.0. The molecule has 4 heterocycles.